The molecule has 0 fully saturated rings. The minimum absolute atomic E-state index is 0.0823. The smallest absolute Gasteiger partial charge is 0.160 e. The van der Waals surface area contributed by atoms with Gasteiger partial charge in [0.25, 0.3) is 0 Å². The quantitative estimate of drug-likeness (QED) is 0.173. The average molecular weight is 793 g/mol. The van der Waals surface area contributed by atoms with Crippen LogP contribution in [-0.4, -0.2) is 9.97 Å². The van der Waals surface area contributed by atoms with Gasteiger partial charge < -0.3 is 0 Å². The molecular formula is C60H44N2. The van der Waals surface area contributed by atoms with Crippen molar-refractivity contribution < 1.29 is 0 Å². The summed E-state index contributed by atoms with van der Waals surface area (Å²) in [6.07, 6.45) is 0. The summed E-state index contributed by atoms with van der Waals surface area (Å²) in [5.74, 6) is 0.719. The standard InChI is InChI=1S/C60H44N2/c1-59(2)49-25-13-12-22-47(49)55-48(24-15-26-50(55)59)54-36-53(61-58(62-54)40-17-6-5-7-18-40)46-34-33-41(44-20-10-11-21-45(44)46)38-28-30-39(31-29-38)43-23-14-27-51-56(43)57-42-19-9-8-16-37(42)32-35-52(57)60(51,3)4/h5-36H,1-4H3. The Kier molecular flexibility index (Phi) is 7.96. The fraction of sp³-hybridized carbons (Fsp3) is 0.100. The molecule has 0 unspecified atom stereocenters. The molecule has 2 nitrogen and oxygen atoms in total. The molecule has 0 atom stereocenters. The first kappa shape index (κ1) is 36.4. The molecule has 0 bridgehead atoms. The highest BCUT2D eigenvalue weighted by atomic mass is 14.9. The highest BCUT2D eigenvalue weighted by molar-refractivity contribution is 6.08. The van der Waals surface area contributed by atoms with E-state index < -0.39 is 0 Å². The van der Waals surface area contributed by atoms with E-state index in [-0.39, 0.29) is 10.8 Å². The second-order valence-corrected chi connectivity index (χ2v) is 18.1. The molecule has 9 aromatic carbocycles. The fourth-order valence-electron chi connectivity index (χ4n) is 10.8. The van der Waals surface area contributed by atoms with Crippen molar-refractivity contribution in [2.45, 2.75) is 38.5 Å². The number of hydrogen-bond acceptors (Lipinski definition) is 2. The summed E-state index contributed by atoms with van der Waals surface area (Å²) in [6, 6.07) is 71.0. The third-order valence-corrected chi connectivity index (χ3v) is 13.9. The lowest BCUT2D eigenvalue weighted by Crippen LogP contribution is -2.14. The van der Waals surface area contributed by atoms with Gasteiger partial charge in [-0.2, -0.15) is 0 Å². The summed E-state index contributed by atoms with van der Waals surface area (Å²) < 4.78 is 0. The van der Waals surface area contributed by atoms with E-state index in [1.165, 1.54) is 82.9 Å². The number of hydrogen-bond donors (Lipinski definition) is 0. The van der Waals surface area contributed by atoms with E-state index in [9.17, 15) is 0 Å². The third-order valence-electron chi connectivity index (χ3n) is 13.9. The molecule has 2 aliphatic rings. The van der Waals surface area contributed by atoms with Gasteiger partial charge in [-0.3, -0.25) is 0 Å². The zero-order valence-corrected chi connectivity index (χ0v) is 35.4. The van der Waals surface area contributed by atoms with Gasteiger partial charge in [0, 0.05) is 27.5 Å². The molecule has 62 heavy (non-hydrogen) atoms. The van der Waals surface area contributed by atoms with Crippen molar-refractivity contribution in [2.75, 3.05) is 0 Å². The Balaban J connectivity index is 0.985. The Hall–Kier alpha value is -7.42. The van der Waals surface area contributed by atoms with E-state index in [2.05, 4.69) is 216 Å². The molecule has 0 saturated carbocycles. The van der Waals surface area contributed by atoms with Crippen LogP contribution >= 0.6 is 0 Å². The number of benzene rings is 9. The first-order valence-electron chi connectivity index (χ1n) is 21.7. The van der Waals surface area contributed by atoms with Crippen LogP contribution in [0, 0.1) is 0 Å². The fourth-order valence-corrected chi connectivity index (χ4v) is 10.8. The van der Waals surface area contributed by atoms with Crippen LogP contribution in [0.4, 0.5) is 0 Å². The second kappa shape index (κ2) is 13.5. The van der Waals surface area contributed by atoms with Gasteiger partial charge in [-0.25, -0.2) is 9.97 Å². The van der Waals surface area contributed by atoms with Gasteiger partial charge in [-0.15, -0.1) is 0 Å². The largest absolute Gasteiger partial charge is 0.228 e. The van der Waals surface area contributed by atoms with E-state index >= 15 is 0 Å². The summed E-state index contributed by atoms with van der Waals surface area (Å²) in [5.41, 5.74) is 20.5. The monoisotopic (exact) mass is 792 g/mol. The van der Waals surface area contributed by atoms with Crippen LogP contribution in [0.25, 0.3) is 100.0 Å². The van der Waals surface area contributed by atoms with Crippen molar-refractivity contribution >= 4 is 21.5 Å². The van der Waals surface area contributed by atoms with Crippen molar-refractivity contribution in [3.63, 3.8) is 0 Å². The van der Waals surface area contributed by atoms with Gasteiger partial charge in [-0.05, 0) is 94.4 Å². The highest BCUT2D eigenvalue weighted by Crippen LogP contribution is 2.55. The van der Waals surface area contributed by atoms with Gasteiger partial charge >= 0.3 is 0 Å². The summed E-state index contributed by atoms with van der Waals surface area (Å²) in [5, 5.41) is 4.96. The molecule has 12 rings (SSSR count). The Labute approximate surface area is 363 Å². The molecule has 0 spiro atoms. The van der Waals surface area contributed by atoms with Gasteiger partial charge in [0.05, 0.1) is 11.4 Å². The maximum atomic E-state index is 5.33. The van der Waals surface area contributed by atoms with Crippen molar-refractivity contribution in [3.8, 4) is 78.4 Å². The van der Waals surface area contributed by atoms with Crippen molar-refractivity contribution in [1.82, 2.24) is 9.97 Å². The Morgan fingerprint density at radius 3 is 1.58 bits per heavy atom. The minimum atomic E-state index is -0.108. The first-order valence-corrected chi connectivity index (χ1v) is 21.7. The molecule has 2 aliphatic carbocycles. The third kappa shape index (κ3) is 5.36. The van der Waals surface area contributed by atoms with Crippen molar-refractivity contribution in [1.29, 1.82) is 0 Å². The molecule has 0 radical (unpaired) electrons. The van der Waals surface area contributed by atoms with Gasteiger partial charge in [0.2, 0.25) is 0 Å². The van der Waals surface area contributed by atoms with Crippen LogP contribution in [0.3, 0.4) is 0 Å². The topological polar surface area (TPSA) is 25.8 Å². The lowest BCUT2D eigenvalue weighted by molar-refractivity contribution is 0.660. The predicted octanol–water partition coefficient (Wildman–Crippen LogP) is 15.7. The molecule has 0 amide bonds. The lowest BCUT2D eigenvalue weighted by atomic mass is 9.81. The molecule has 2 heteroatoms. The van der Waals surface area contributed by atoms with Crippen LogP contribution in [0.1, 0.15) is 49.9 Å². The highest BCUT2D eigenvalue weighted by Gasteiger charge is 2.39. The minimum Gasteiger partial charge on any atom is -0.228 e. The number of fused-ring (bicyclic) bond motifs is 9. The Bertz CT molecular complexity index is 3450. The zero-order chi connectivity index (χ0) is 41.7. The molecule has 0 N–H and O–H groups in total. The van der Waals surface area contributed by atoms with Gasteiger partial charge in [0.15, 0.2) is 5.82 Å². The van der Waals surface area contributed by atoms with E-state index in [4.69, 9.17) is 9.97 Å². The molecule has 294 valence electrons. The van der Waals surface area contributed by atoms with Crippen LogP contribution in [0.2, 0.25) is 0 Å². The van der Waals surface area contributed by atoms with Crippen LogP contribution in [-0.2, 0) is 10.8 Å². The SMILES string of the molecule is CC1(C)c2ccccc2-c2c(-c3cc(-c4ccc(-c5ccc(-c6cccc7c6-c6c(ccc8ccccc68)C7(C)C)cc5)c5ccccc45)nc(-c4ccccc4)n3)cccc21. The van der Waals surface area contributed by atoms with Crippen LogP contribution < -0.4 is 0 Å². The van der Waals surface area contributed by atoms with Gasteiger partial charge in [0.1, 0.15) is 0 Å². The number of rotatable bonds is 5. The molecule has 1 aromatic heterocycles. The van der Waals surface area contributed by atoms with Gasteiger partial charge in [-0.1, -0.05) is 216 Å². The average Bonchev–Trinajstić information content (AvgIpc) is 3.71. The summed E-state index contributed by atoms with van der Waals surface area (Å²) in [7, 11) is 0. The summed E-state index contributed by atoms with van der Waals surface area (Å²) in [4.78, 5) is 10.6. The van der Waals surface area contributed by atoms with Crippen LogP contribution in [0.15, 0.2) is 194 Å². The van der Waals surface area contributed by atoms with E-state index in [0.29, 0.717) is 0 Å². The first-order chi connectivity index (χ1) is 30.3. The molecule has 0 aliphatic heterocycles. The van der Waals surface area contributed by atoms with E-state index in [0.717, 1.165) is 39.3 Å². The van der Waals surface area contributed by atoms with E-state index in [1.54, 1.807) is 0 Å². The zero-order valence-electron chi connectivity index (χ0n) is 35.4. The van der Waals surface area contributed by atoms with Crippen molar-refractivity contribution in [2.24, 2.45) is 0 Å². The maximum Gasteiger partial charge on any atom is 0.160 e. The molecule has 0 saturated heterocycles. The summed E-state index contributed by atoms with van der Waals surface area (Å²) in [6.45, 7) is 9.40. The molecular weight excluding hydrogens is 749 g/mol. The normalized spacial score (nSPS) is 14.1. The molecule has 1 heterocycles. The number of nitrogens with zero attached hydrogens (tertiary/aromatic N) is 2. The van der Waals surface area contributed by atoms with Crippen molar-refractivity contribution in [3.05, 3.63) is 216 Å². The molecule has 10 aromatic rings. The predicted molar refractivity (Wildman–Crippen MR) is 259 cm³/mol. The lowest BCUT2D eigenvalue weighted by Gasteiger charge is -2.21. The number of aromatic nitrogens is 2. The Morgan fingerprint density at radius 1 is 0.306 bits per heavy atom. The second-order valence-electron chi connectivity index (χ2n) is 18.1. The summed E-state index contributed by atoms with van der Waals surface area (Å²) >= 11 is 0. The van der Waals surface area contributed by atoms with E-state index in [1.807, 2.05) is 6.07 Å². The Morgan fingerprint density at radius 2 is 0.823 bits per heavy atom. The van der Waals surface area contributed by atoms with Crippen LogP contribution in [0.5, 0.6) is 0 Å². The maximum absolute atomic E-state index is 5.33.